The lowest BCUT2D eigenvalue weighted by molar-refractivity contribution is -0.385. The molecule has 2 rings (SSSR count). The molecule has 2 aromatic carbocycles. The third-order valence-corrected chi connectivity index (χ3v) is 3.56. The van der Waals surface area contributed by atoms with Gasteiger partial charge in [-0.05, 0) is 44.0 Å². The van der Waals surface area contributed by atoms with Gasteiger partial charge in [-0.3, -0.25) is 14.9 Å². The second-order valence-electron chi connectivity index (χ2n) is 5.98. The van der Waals surface area contributed by atoms with E-state index in [4.69, 9.17) is 9.47 Å². The Morgan fingerprint density at radius 2 is 1.89 bits per heavy atom. The number of benzene rings is 2. The predicted molar refractivity (Wildman–Crippen MR) is 103 cm³/mol. The quantitative estimate of drug-likeness (QED) is 0.408. The van der Waals surface area contributed by atoms with Crippen LogP contribution < -0.4 is 14.9 Å². The number of carbonyl (C=O) groups is 1. The Morgan fingerprint density at radius 1 is 1.21 bits per heavy atom. The molecule has 0 bridgehead atoms. The third kappa shape index (κ3) is 5.70. The van der Waals surface area contributed by atoms with E-state index in [9.17, 15) is 20.0 Å². The van der Waals surface area contributed by atoms with Crippen molar-refractivity contribution in [1.29, 1.82) is 0 Å². The number of hydrogen-bond acceptors (Lipinski definition) is 7. The first-order valence-electron chi connectivity index (χ1n) is 8.47. The van der Waals surface area contributed by atoms with E-state index in [1.54, 1.807) is 19.1 Å². The van der Waals surface area contributed by atoms with Gasteiger partial charge in [-0.2, -0.15) is 5.10 Å². The van der Waals surface area contributed by atoms with Gasteiger partial charge in [0.05, 0.1) is 23.8 Å². The van der Waals surface area contributed by atoms with Gasteiger partial charge in [0.1, 0.15) is 5.75 Å². The van der Waals surface area contributed by atoms with Crippen molar-refractivity contribution in [3.05, 3.63) is 57.1 Å². The second kappa shape index (κ2) is 9.36. The summed E-state index contributed by atoms with van der Waals surface area (Å²) in [6.07, 6.45) is 1.10. The van der Waals surface area contributed by atoms with Gasteiger partial charge in [0.15, 0.2) is 18.1 Å². The lowest BCUT2D eigenvalue weighted by Crippen LogP contribution is -2.24. The Kier molecular flexibility index (Phi) is 6.91. The fourth-order valence-corrected chi connectivity index (χ4v) is 2.45. The first-order chi connectivity index (χ1) is 13.3. The first-order valence-corrected chi connectivity index (χ1v) is 8.47. The average Bonchev–Trinajstić information content (AvgIpc) is 2.62. The summed E-state index contributed by atoms with van der Waals surface area (Å²) in [6, 6.07) is 7.84. The first kappa shape index (κ1) is 20.7. The van der Waals surface area contributed by atoms with E-state index in [2.05, 4.69) is 10.5 Å². The molecule has 0 aromatic heterocycles. The fraction of sp³-hybridized carbons (Fsp3) is 0.263. The minimum Gasteiger partial charge on any atom is -0.504 e. The third-order valence-electron chi connectivity index (χ3n) is 3.56. The van der Waals surface area contributed by atoms with E-state index in [0.29, 0.717) is 5.75 Å². The highest BCUT2D eigenvalue weighted by molar-refractivity contribution is 5.87. The molecule has 0 aliphatic rings. The van der Waals surface area contributed by atoms with Gasteiger partial charge in [-0.15, -0.1) is 0 Å². The molecular weight excluding hydrogens is 366 g/mol. The molecule has 148 valence electrons. The number of aromatic hydroxyl groups is 1. The van der Waals surface area contributed by atoms with Gasteiger partial charge in [-0.25, -0.2) is 5.43 Å². The molecular formula is C19H21N3O6. The molecule has 1 amide bonds. The van der Waals surface area contributed by atoms with Crippen molar-refractivity contribution >= 4 is 17.8 Å². The van der Waals surface area contributed by atoms with Gasteiger partial charge in [-0.1, -0.05) is 6.07 Å². The van der Waals surface area contributed by atoms with Crippen molar-refractivity contribution in [2.75, 3.05) is 13.2 Å². The number of nitrogens with one attached hydrogen (secondary N) is 1. The summed E-state index contributed by atoms with van der Waals surface area (Å²) >= 11 is 0. The Balaban J connectivity index is 2.03. The highest BCUT2D eigenvalue weighted by Crippen LogP contribution is 2.33. The van der Waals surface area contributed by atoms with Crippen LogP contribution in [0.25, 0.3) is 0 Å². The van der Waals surface area contributed by atoms with Crippen LogP contribution in [-0.2, 0) is 4.79 Å². The number of rotatable bonds is 8. The number of carbonyl (C=O) groups excluding carboxylic acids is 1. The van der Waals surface area contributed by atoms with Crippen LogP contribution in [0.4, 0.5) is 5.69 Å². The van der Waals surface area contributed by atoms with Crippen molar-refractivity contribution in [3.8, 4) is 17.2 Å². The van der Waals surface area contributed by atoms with Crippen LogP contribution in [0.2, 0.25) is 0 Å². The molecule has 0 fully saturated rings. The van der Waals surface area contributed by atoms with E-state index in [1.807, 2.05) is 19.9 Å². The van der Waals surface area contributed by atoms with Gasteiger partial charge < -0.3 is 14.6 Å². The molecule has 28 heavy (non-hydrogen) atoms. The molecule has 2 N–H and O–H groups in total. The summed E-state index contributed by atoms with van der Waals surface area (Å²) in [5.41, 5.74) is 4.03. The van der Waals surface area contributed by atoms with E-state index < -0.39 is 10.8 Å². The van der Waals surface area contributed by atoms with Crippen LogP contribution in [0.5, 0.6) is 17.2 Å². The summed E-state index contributed by atoms with van der Waals surface area (Å²) in [5.74, 6) is -0.306. The zero-order valence-electron chi connectivity index (χ0n) is 15.8. The summed E-state index contributed by atoms with van der Waals surface area (Å²) in [5, 5.41) is 24.8. The van der Waals surface area contributed by atoms with E-state index >= 15 is 0 Å². The summed E-state index contributed by atoms with van der Waals surface area (Å²) in [4.78, 5) is 22.3. The SMILES string of the molecule is CCOc1cc([N+](=O)[O-])cc(/C=N/NC(=O)COc2cc(C)cc(C)c2)c1O. The number of hydrazone groups is 1. The molecule has 0 atom stereocenters. The normalized spacial score (nSPS) is 10.7. The number of aryl methyl sites for hydroxylation is 2. The standard InChI is InChI=1S/C19H21N3O6/c1-4-27-17-9-15(22(25)26)8-14(19(17)24)10-20-21-18(23)11-28-16-6-12(2)5-13(3)7-16/h5-10,24H,4,11H2,1-3H3,(H,21,23)/b20-10+. The minimum absolute atomic E-state index is 0.0353. The number of ether oxygens (including phenoxy) is 2. The predicted octanol–water partition coefficient (Wildman–Crippen LogP) is 2.85. The minimum atomic E-state index is -0.616. The maximum absolute atomic E-state index is 11.9. The maximum atomic E-state index is 11.9. The molecule has 0 unspecified atom stereocenters. The molecule has 0 radical (unpaired) electrons. The van der Waals surface area contributed by atoms with Gasteiger partial charge in [0, 0.05) is 11.6 Å². The molecule has 0 aliphatic carbocycles. The van der Waals surface area contributed by atoms with Crippen LogP contribution in [0.1, 0.15) is 23.6 Å². The van der Waals surface area contributed by atoms with Crippen molar-refractivity contribution in [1.82, 2.24) is 5.43 Å². The topological polar surface area (TPSA) is 123 Å². The molecule has 0 saturated carbocycles. The van der Waals surface area contributed by atoms with Crippen molar-refractivity contribution in [2.45, 2.75) is 20.8 Å². The molecule has 9 heteroatoms. The van der Waals surface area contributed by atoms with E-state index in [1.165, 1.54) is 0 Å². The summed E-state index contributed by atoms with van der Waals surface area (Å²) in [7, 11) is 0. The monoisotopic (exact) mass is 387 g/mol. The van der Waals surface area contributed by atoms with Crippen LogP contribution >= 0.6 is 0 Å². The van der Waals surface area contributed by atoms with Crippen LogP contribution in [0.15, 0.2) is 35.4 Å². The number of nitro benzene ring substituents is 1. The fourth-order valence-electron chi connectivity index (χ4n) is 2.45. The number of phenolic OH excluding ortho intramolecular Hbond substituents is 1. The Morgan fingerprint density at radius 3 is 2.50 bits per heavy atom. The number of hydrogen-bond donors (Lipinski definition) is 2. The van der Waals surface area contributed by atoms with Crippen molar-refractivity contribution in [3.63, 3.8) is 0 Å². The van der Waals surface area contributed by atoms with E-state index in [-0.39, 0.29) is 36.0 Å². The van der Waals surface area contributed by atoms with Gasteiger partial charge >= 0.3 is 0 Å². The molecule has 2 aromatic rings. The lowest BCUT2D eigenvalue weighted by atomic mass is 10.1. The summed E-state index contributed by atoms with van der Waals surface area (Å²) in [6.45, 7) is 5.49. The van der Waals surface area contributed by atoms with Crippen LogP contribution in [0, 0.1) is 24.0 Å². The summed E-state index contributed by atoms with van der Waals surface area (Å²) < 4.78 is 10.6. The smallest absolute Gasteiger partial charge is 0.277 e. The lowest BCUT2D eigenvalue weighted by Gasteiger charge is -2.08. The van der Waals surface area contributed by atoms with Crippen molar-refractivity contribution in [2.24, 2.45) is 5.10 Å². The number of nitro groups is 1. The van der Waals surface area contributed by atoms with E-state index in [0.717, 1.165) is 29.5 Å². The number of non-ortho nitro benzene ring substituents is 1. The second-order valence-corrected chi connectivity index (χ2v) is 5.98. The molecule has 9 nitrogen and oxygen atoms in total. The van der Waals surface area contributed by atoms with Crippen molar-refractivity contribution < 1.29 is 24.3 Å². The van der Waals surface area contributed by atoms with Crippen LogP contribution in [-0.4, -0.2) is 35.4 Å². The average molecular weight is 387 g/mol. The molecule has 0 spiro atoms. The number of phenols is 1. The molecule has 0 aliphatic heterocycles. The zero-order chi connectivity index (χ0) is 20.7. The van der Waals surface area contributed by atoms with Crippen LogP contribution in [0.3, 0.4) is 0 Å². The number of nitrogens with zero attached hydrogens (tertiary/aromatic N) is 2. The Bertz CT molecular complexity index is 891. The Labute approximate surface area is 161 Å². The largest absolute Gasteiger partial charge is 0.504 e. The zero-order valence-corrected chi connectivity index (χ0v) is 15.8. The number of amides is 1. The highest BCUT2D eigenvalue weighted by Gasteiger charge is 2.16. The maximum Gasteiger partial charge on any atom is 0.277 e. The van der Waals surface area contributed by atoms with Gasteiger partial charge in [0.2, 0.25) is 0 Å². The Hall–Kier alpha value is -3.62. The molecule has 0 saturated heterocycles. The highest BCUT2D eigenvalue weighted by atomic mass is 16.6. The van der Waals surface area contributed by atoms with Gasteiger partial charge in [0.25, 0.3) is 11.6 Å². The molecule has 0 heterocycles.